The van der Waals surface area contributed by atoms with Crippen molar-refractivity contribution in [1.82, 2.24) is 20.2 Å². The zero-order valence-electron chi connectivity index (χ0n) is 14.9. The molecule has 0 bridgehead atoms. The van der Waals surface area contributed by atoms with Crippen LogP contribution in [0.3, 0.4) is 0 Å². The van der Waals surface area contributed by atoms with Gasteiger partial charge in [0.05, 0.1) is 23.4 Å². The quantitative estimate of drug-likeness (QED) is 0.686. The second-order valence-electron chi connectivity index (χ2n) is 6.46. The van der Waals surface area contributed by atoms with Crippen molar-refractivity contribution in [1.29, 1.82) is 0 Å². The van der Waals surface area contributed by atoms with Crippen LogP contribution in [0.2, 0.25) is 0 Å². The Labute approximate surface area is 152 Å². The van der Waals surface area contributed by atoms with E-state index in [4.69, 9.17) is 0 Å². The van der Waals surface area contributed by atoms with E-state index in [1.165, 1.54) is 12.1 Å². The van der Waals surface area contributed by atoms with Crippen molar-refractivity contribution in [3.8, 4) is 0 Å². The van der Waals surface area contributed by atoms with Crippen molar-refractivity contribution in [2.75, 3.05) is 13.6 Å². The zero-order valence-corrected chi connectivity index (χ0v) is 14.9. The van der Waals surface area contributed by atoms with E-state index in [-0.39, 0.29) is 23.7 Å². The maximum absolute atomic E-state index is 13.3. The summed E-state index contributed by atoms with van der Waals surface area (Å²) in [6.45, 7) is 2.99. The number of imidazole rings is 1. The lowest BCUT2D eigenvalue weighted by molar-refractivity contribution is -0.125. The van der Waals surface area contributed by atoms with Crippen molar-refractivity contribution >= 4 is 16.9 Å². The summed E-state index contributed by atoms with van der Waals surface area (Å²) < 4.78 is 15.3. The Morgan fingerprint density at radius 2 is 1.92 bits per heavy atom. The van der Waals surface area contributed by atoms with Crippen LogP contribution in [0, 0.1) is 11.7 Å². The van der Waals surface area contributed by atoms with Crippen LogP contribution in [-0.2, 0) is 11.3 Å². The molecule has 3 rings (SSSR count). The number of amides is 1. The molecule has 6 heteroatoms. The lowest BCUT2D eigenvalue weighted by Crippen LogP contribution is -2.38. The Morgan fingerprint density at radius 1 is 1.19 bits per heavy atom. The van der Waals surface area contributed by atoms with Gasteiger partial charge in [-0.15, -0.1) is 0 Å². The van der Waals surface area contributed by atoms with Gasteiger partial charge in [-0.05, 0) is 36.9 Å². The second kappa shape index (κ2) is 8.10. The van der Waals surface area contributed by atoms with Gasteiger partial charge in [0.1, 0.15) is 5.82 Å². The van der Waals surface area contributed by atoms with Gasteiger partial charge in [0.15, 0.2) is 0 Å². The molecule has 0 saturated heterocycles. The second-order valence-corrected chi connectivity index (χ2v) is 6.46. The number of nitrogens with one attached hydrogen (secondary N) is 2. The van der Waals surface area contributed by atoms with E-state index in [1.54, 1.807) is 18.5 Å². The highest BCUT2D eigenvalue weighted by Crippen LogP contribution is 2.20. The first-order valence-electron chi connectivity index (χ1n) is 8.69. The number of benzene rings is 2. The fourth-order valence-corrected chi connectivity index (χ4v) is 2.99. The number of aromatic nitrogens is 2. The van der Waals surface area contributed by atoms with Gasteiger partial charge in [-0.25, -0.2) is 9.37 Å². The van der Waals surface area contributed by atoms with E-state index in [0.29, 0.717) is 13.1 Å². The normalized spacial score (nSPS) is 13.5. The van der Waals surface area contributed by atoms with Crippen LogP contribution in [0.4, 0.5) is 4.39 Å². The lowest BCUT2D eigenvalue weighted by Gasteiger charge is -2.22. The van der Waals surface area contributed by atoms with Crippen molar-refractivity contribution < 1.29 is 9.18 Å². The van der Waals surface area contributed by atoms with Crippen LogP contribution in [0.25, 0.3) is 11.0 Å². The molecule has 0 aliphatic heterocycles. The highest BCUT2D eigenvalue weighted by molar-refractivity contribution is 5.79. The first-order chi connectivity index (χ1) is 12.6. The molecule has 0 saturated carbocycles. The molecule has 2 atom stereocenters. The van der Waals surface area contributed by atoms with Gasteiger partial charge in [-0.2, -0.15) is 0 Å². The Balaban J connectivity index is 1.87. The molecule has 26 heavy (non-hydrogen) atoms. The van der Waals surface area contributed by atoms with E-state index < -0.39 is 0 Å². The minimum absolute atomic E-state index is 0.0434. The Bertz CT molecular complexity index is 875. The third-order valence-electron chi connectivity index (χ3n) is 4.45. The number of halogens is 1. The molecule has 0 aliphatic rings. The summed E-state index contributed by atoms with van der Waals surface area (Å²) in [6, 6.07) is 13.8. The Hall–Kier alpha value is -2.73. The monoisotopic (exact) mass is 354 g/mol. The third-order valence-corrected chi connectivity index (χ3v) is 4.45. The molecule has 5 nitrogen and oxygen atoms in total. The lowest BCUT2D eigenvalue weighted by atomic mass is 10.0. The van der Waals surface area contributed by atoms with Gasteiger partial charge in [0.25, 0.3) is 0 Å². The SMILES string of the molecule is CNCC(C)C(=O)NC(Cn1cnc2ccccc21)c1ccc(F)cc1. The predicted octanol–water partition coefficient (Wildman–Crippen LogP) is 2.89. The maximum Gasteiger partial charge on any atom is 0.224 e. The van der Waals surface area contributed by atoms with Gasteiger partial charge in [-0.1, -0.05) is 31.2 Å². The van der Waals surface area contributed by atoms with Crippen LogP contribution in [-0.4, -0.2) is 29.1 Å². The molecule has 2 unspecified atom stereocenters. The molecule has 2 N–H and O–H groups in total. The number of nitrogens with zero attached hydrogens (tertiary/aromatic N) is 2. The topological polar surface area (TPSA) is 59.0 Å². The summed E-state index contributed by atoms with van der Waals surface area (Å²) in [6.07, 6.45) is 1.77. The van der Waals surface area contributed by atoms with Crippen LogP contribution < -0.4 is 10.6 Å². The number of fused-ring (bicyclic) bond motifs is 1. The summed E-state index contributed by atoms with van der Waals surface area (Å²) >= 11 is 0. The van der Waals surface area contributed by atoms with E-state index >= 15 is 0 Å². The minimum Gasteiger partial charge on any atom is -0.347 e. The summed E-state index contributed by atoms with van der Waals surface area (Å²) in [5, 5.41) is 6.10. The summed E-state index contributed by atoms with van der Waals surface area (Å²) in [4.78, 5) is 16.9. The minimum atomic E-state index is -0.296. The number of carbonyl (C=O) groups excluding carboxylic acids is 1. The Morgan fingerprint density at radius 3 is 2.65 bits per heavy atom. The van der Waals surface area contributed by atoms with Crippen molar-refractivity contribution in [2.24, 2.45) is 5.92 Å². The molecule has 0 spiro atoms. The predicted molar refractivity (Wildman–Crippen MR) is 100 cm³/mol. The van der Waals surface area contributed by atoms with Gasteiger partial charge < -0.3 is 15.2 Å². The first kappa shape index (κ1) is 18.1. The average molecular weight is 354 g/mol. The van der Waals surface area contributed by atoms with E-state index in [2.05, 4.69) is 15.6 Å². The van der Waals surface area contributed by atoms with Crippen LogP contribution in [0.5, 0.6) is 0 Å². The Kier molecular flexibility index (Phi) is 5.63. The summed E-state index contributed by atoms with van der Waals surface area (Å²) in [5.41, 5.74) is 2.76. The van der Waals surface area contributed by atoms with Gasteiger partial charge in [0, 0.05) is 19.0 Å². The molecule has 1 heterocycles. The molecule has 3 aromatic rings. The van der Waals surface area contributed by atoms with Crippen LogP contribution in [0.1, 0.15) is 18.5 Å². The summed E-state index contributed by atoms with van der Waals surface area (Å²) in [7, 11) is 1.82. The van der Waals surface area contributed by atoms with Gasteiger partial charge in [-0.3, -0.25) is 4.79 Å². The molecule has 0 radical (unpaired) electrons. The average Bonchev–Trinajstić information content (AvgIpc) is 3.05. The number of rotatable bonds is 7. The molecule has 0 fully saturated rings. The molecular formula is C20H23FN4O. The molecular weight excluding hydrogens is 331 g/mol. The fraction of sp³-hybridized carbons (Fsp3) is 0.300. The molecule has 1 aromatic heterocycles. The van der Waals surface area contributed by atoms with Gasteiger partial charge >= 0.3 is 0 Å². The fourth-order valence-electron chi connectivity index (χ4n) is 2.99. The zero-order chi connectivity index (χ0) is 18.5. The standard InChI is InChI=1S/C20H23FN4O/c1-14(11-22-2)20(26)24-18(15-7-9-16(21)10-8-15)12-25-13-23-17-5-3-4-6-19(17)25/h3-10,13-14,18,22H,11-12H2,1-2H3,(H,24,26). The van der Waals surface area contributed by atoms with E-state index in [9.17, 15) is 9.18 Å². The highest BCUT2D eigenvalue weighted by atomic mass is 19.1. The largest absolute Gasteiger partial charge is 0.347 e. The number of hydrogen-bond acceptors (Lipinski definition) is 3. The van der Waals surface area contributed by atoms with Crippen molar-refractivity contribution in [3.63, 3.8) is 0 Å². The highest BCUT2D eigenvalue weighted by Gasteiger charge is 2.20. The van der Waals surface area contributed by atoms with E-state index in [1.807, 2.05) is 42.8 Å². The number of carbonyl (C=O) groups is 1. The number of para-hydroxylation sites is 2. The van der Waals surface area contributed by atoms with Crippen LogP contribution in [0.15, 0.2) is 54.9 Å². The molecule has 0 aliphatic carbocycles. The third kappa shape index (κ3) is 4.08. The molecule has 2 aromatic carbocycles. The first-order valence-corrected chi connectivity index (χ1v) is 8.69. The van der Waals surface area contributed by atoms with Crippen molar-refractivity contribution in [3.05, 3.63) is 66.2 Å². The molecule has 136 valence electrons. The summed E-state index contributed by atoms with van der Waals surface area (Å²) in [5.74, 6) is -0.504. The van der Waals surface area contributed by atoms with Crippen molar-refractivity contribution in [2.45, 2.75) is 19.5 Å². The maximum atomic E-state index is 13.3. The van der Waals surface area contributed by atoms with Crippen LogP contribution >= 0.6 is 0 Å². The smallest absolute Gasteiger partial charge is 0.224 e. The van der Waals surface area contributed by atoms with E-state index in [0.717, 1.165) is 16.6 Å². The number of hydrogen-bond donors (Lipinski definition) is 2. The molecule has 1 amide bonds. The van der Waals surface area contributed by atoms with Gasteiger partial charge in [0.2, 0.25) is 5.91 Å².